The molecule has 1 aromatic rings. The smallest absolute Gasteiger partial charge is 0.268 e. The van der Waals surface area contributed by atoms with Crippen LogP contribution >= 0.6 is 0 Å². The lowest BCUT2D eigenvalue weighted by molar-refractivity contribution is -0.129. The minimum atomic E-state index is -0.528. The number of benzene rings is 1. The first-order chi connectivity index (χ1) is 10.9. The van der Waals surface area contributed by atoms with Gasteiger partial charge in [-0.25, -0.2) is 0 Å². The van der Waals surface area contributed by atoms with Crippen LogP contribution in [0.5, 0.6) is 5.75 Å². The van der Waals surface area contributed by atoms with Gasteiger partial charge in [0.15, 0.2) is 6.10 Å². The lowest BCUT2D eigenvalue weighted by atomic mass is 10.1. The number of rotatable bonds is 6. The second-order valence-corrected chi connectivity index (χ2v) is 6.06. The Hall–Kier alpha value is -2.08. The highest BCUT2D eigenvalue weighted by Gasteiger charge is 2.34. The molecular formula is C17H25N3O3. The molecule has 2 rings (SSSR count). The fraction of sp³-hybridized carbons (Fsp3) is 0.529. The molecule has 0 aliphatic carbocycles. The second kappa shape index (κ2) is 7.46. The van der Waals surface area contributed by atoms with Gasteiger partial charge < -0.3 is 15.0 Å². The van der Waals surface area contributed by atoms with Crippen LogP contribution < -0.4 is 15.0 Å². The second-order valence-electron chi connectivity index (χ2n) is 6.06. The fourth-order valence-corrected chi connectivity index (χ4v) is 2.47. The summed E-state index contributed by atoms with van der Waals surface area (Å²) in [6.45, 7) is 5.18. The molecule has 1 aliphatic heterocycles. The highest BCUT2D eigenvalue weighted by Crippen LogP contribution is 2.35. The molecule has 0 fully saturated rings. The normalized spacial score (nSPS) is 17.0. The number of aryl methyl sites for hydroxylation is 1. The molecular weight excluding hydrogens is 294 g/mol. The predicted molar refractivity (Wildman–Crippen MR) is 89.8 cm³/mol. The topological polar surface area (TPSA) is 61.9 Å². The minimum Gasteiger partial charge on any atom is -0.478 e. The highest BCUT2D eigenvalue weighted by molar-refractivity contribution is 6.03. The van der Waals surface area contributed by atoms with Crippen LogP contribution in [0.15, 0.2) is 18.2 Å². The van der Waals surface area contributed by atoms with Crippen molar-refractivity contribution >= 4 is 17.5 Å². The van der Waals surface area contributed by atoms with Crippen molar-refractivity contribution in [3.8, 4) is 5.75 Å². The van der Waals surface area contributed by atoms with Crippen molar-refractivity contribution in [2.45, 2.75) is 26.4 Å². The van der Waals surface area contributed by atoms with Crippen molar-refractivity contribution in [3.05, 3.63) is 23.8 Å². The van der Waals surface area contributed by atoms with E-state index in [0.717, 1.165) is 12.1 Å². The number of hydrogen-bond acceptors (Lipinski definition) is 4. The molecule has 1 heterocycles. The third-order valence-corrected chi connectivity index (χ3v) is 3.77. The van der Waals surface area contributed by atoms with E-state index in [1.807, 2.05) is 51.0 Å². The van der Waals surface area contributed by atoms with Crippen LogP contribution in [0, 0.1) is 6.92 Å². The Balaban J connectivity index is 2.14. The van der Waals surface area contributed by atoms with Gasteiger partial charge >= 0.3 is 0 Å². The zero-order valence-electron chi connectivity index (χ0n) is 14.3. The molecule has 1 aromatic carbocycles. The summed E-state index contributed by atoms with van der Waals surface area (Å²) >= 11 is 0. The summed E-state index contributed by atoms with van der Waals surface area (Å²) < 4.78 is 5.74. The summed E-state index contributed by atoms with van der Waals surface area (Å²) in [6.07, 6.45) is 0.0463. The molecule has 6 nitrogen and oxygen atoms in total. The summed E-state index contributed by atoms with van der Waals surface area (Å²) in [6, 6.07) is 5.68. The van der Waals surface area contributed by atoms with Crippen molar-refractivity contribution in [2.75, 3.05) is 38.6 Å². The number of nitrogens with one attached hydrogen (secondary N) is 1. The van der Waals surface area contributed by atoms with Crippen LogP contribution in [-0.4, -0.2) is 56.5 Å². The van der Waals surface area contributed by atoms with E-state index >= 15 is 0 Å². The molecule has 0 spiro atoms. The Kier molecular flexibility index (Phi) is 5.60. The van der Waals surface area contributed by atoms with Crippen molar-refractivity contribution in [1.29, 1.82) is 0 Å². The Morgan fingerprint density at radius 3 is 2.78 bits per heavy atom. The van der Waals surface area contributed by atoms with Crippen LogP contribution in [0.25, 0.3) is 0 Å². The van der Waals surface area contributed by atoms with Crippen LogP contribution in [0.2, 0.25) is 0 Å². The quantitative estimate of drug-likeness (QED) is 0.855. The Labute approximate surface area is 137 Å². The van der Waals surface area contributed by atoms with Gasteiger partial charge in [0.25, 0.3) is 5.91 Å². The van der Waals surface area contributed by atoms with Gasteiger partial charge in [0, 0.05) is 13.1 Å². The third kappa shape index (κ3) is 4.22. The van der Waals surface area contributed by atoms with E-state index in [1.54, 1.807) is 0 Å². The van der Waals surface area contributed by atoms with Gasteiger partial charge in [0.2, 0.25) is 5.91 Å². The van der Waals surface area contributed by atoms with Crippen molar-refractivity contribution < 1.29 is 14.3 Å². The maximum atomic E-state index is 12.6. The molecule has 0 saturated heterocycles. The zero-order valence-corrected chi connectivity index (χ0v) is 14.3. The summed E-state index contributed by atoms with van der Waals surface area (Å²) in [5.41, 5.74) is 1.69. The molecule has 0 bridgehead atoms. The molecule has 23 heavy (non-hydrogen) atoms. The van der Waals surface area contributed by atoms with Gasteiger partial charge in [-0.15, -0.1) is 0 Å². The van der Waals surface area contributed by atoms with E-state index in [4.69, 9.17) is 4.74 Å². The van der Waals surface area contributed by atoms with Crippen LogP contribution in [0.1, 0.15) is 18.9 Å². The monoisotopic (exact) mass is 319 g/mol. The number of nitrogens with zero attached hydrogens (tertiary/aromatic N) is 2. The van der Waals surface area contributed by atoms with Gasteiger partial charge in [-0.2, -0.15) is 0 Å². The third-order valence-electron chi connectivity index (χ3n) is 3.77. The fourth-order valence-electron chi connectivity index (χ4n) is 2.47. The van der Waals surface area contributed by atoms with Gasteiger partial charge in [0.05, 0.1) is 5.69 Å². The van der Waals surface area contributed by atoms with E-state index in [1.165, 1.54) is 4.90 Å². The molecule has 2 amide bonds. The van der Waals surface area contributed by atoms with Crippen LogP contribution in [-0.2, 0) is 9.59 Å². The number of fused-ring (bicyclic) bond motifs is 1. The van der Waals surface area contributed by atoms with Crippen molar-refractivity contribution in [1.82, 2.24) is 10.2 Å². The number of anilines is 1. The highest BCUT2D eigenvalue weighted by atomic mass is 16.5. The number of carbonyl (C=O) groups is 2. The maximum absolute atomic E-state index is 12.6. The van der Waals surface area contributed by atoms with Gasteiger partial charge in [-0.1, -0.05) is 13.0 Å². The maximum Gasteiger partial charge on any atom is 0.268 e. The molecule has 126 valence electrons. The molecule has 0 saturated carbocycles. The first-order valence-corrected chi connectivity index (χ1v) is 7.92. The lowest BCUT2D eigenvalue weighted by Crippen LogP contribution is -2.50. The van der Waals surface area contributed by atoms with Crippen molar-refractivity contribution in [2.24, 2.45) is 0 Å². The number of carbonyl (C=O) groups excluding carboxylic acids is 2. The molecule has 1 unspecified atom stereocenters. The van der Waals surface area contributed by atoms with E-state index < -0.39 is 6.10 Å². The van der Waals surface area contributed by atoms with E-state index in [9.17, 15) is 9.59 Å². The van der Waals surface area contributed by atoms with Gasteiger partial charge in [-0.3, -0.25) is 14.5 Å². The first-order valence-electron chi connectivity index (χ1n) is 7.92. The summed E-state index contributed by atoms with van der Waals surface area (Å²) in [4.78, 5) is 28.2. The van der Waals surface area contributed by atoms with Crippen LogP contribution in [0.3, 0.4) is 0 Å². The van der Waals surface area contributed by atoms with Gasteiger partial charge in [-0.05, 0) is 45.1 Å². The Morgan fingerprint density at radius 2 is 2.13 bits per heavy atom. The summed E-state index contributed by atoms with van der Waals surface area (Å²) in [7, 11) is 3.89. The average molecular weight is 319 g/mol. The summed E-state index contributed by atoms with van der Waals surface area (Å²) in [5, 5.41) is 2.84. The predicted octanol–water partition coefficient (Wildman–Crippen LogP) is 1.18. The van der Waals surface area contributed by atoms with Crippen molar-refractivity contribution in [3.63, 3.8) is 0 Å². The lowest BCUT2D eigenvalue weighted by Gasteiger charge is -2.34. The van der Waals surface area contributed by atoms with E-state index in [-0.39, 0.29) is 18.4 Å². The molecule has 1 atom stereocenters. The van der Waals surface area contributed by atoms with Crippen LogP contribution in [0.4, 0.5) is 5.69 Å². The standard InChI is InChI=1S/C17H25N3O3/c1-5-14-17(22)20(11-16(21)18-8-9-19(3)4)13-10-12(2)6-7-15(13)23-14/h6-7,10,14H,5,8-9,11H2,1-4H3,(H,18,21). The number of ether oxygens (including phenoxy) is 1. The molecule has 0 aromatic heterocycles. The zero-order chi connectivity index (χ0) is 17.0. The average Bonchev–Trinajstić information content (AvgIpc) is 2.49. The number of likely N-dealkylation sites (N-methyl/N-ethyl adjacent to an activating group) is 1. The molecule has 1 N–H and O–H groups in total. The molecule has 0 radical (unpaired) electrons. The Morgan fingerprint density at radius 1 is 1.39 bits per heavy atom. The number of amides is 2. The van der Waals surface area contributed by atoms with Gasteiger partial charge in [0.1, 0.15) is 12.3 Å². The molecule has 1 aliphatic rings. The SMILES string of the molecule is CCC1Oc2ccc(C)cc2N(CC(=O)NCCN(C)C)C1=O. The Bertz CT molecular complexity index is 586. The summed E-state index contributed by atoms with van der Waals surface area (Å²) in [5.74, 6) is 0.334. The largest absolute Gasteiger partial charge is 0.478 e. The van der Waals surface area contributed by atoms with E-state index in [0.29, 0.717) is 24.4 Å². The first kappa shape index (κ1) is 17.3. The minimum absolute atomic E-state index is 0.0164. The molecule has 6 heteroatoms. The van der Waals surface area contributed by atoms with E-state index in [2.05, 4.69) is 5.32 Å². The number of hydrogen-bond donors (Lipinski definition) is 1.